The van der Waals surface area contributed by atoms with Crippen LogP contribution in [0.3, 0.4) is 0 Å². The molecule has 0 atom stereocenters. The van der Waals surface area contributed by atoms with Crippen molar-refractivity contribution >= 4 is 5.91 Å². The summed E-state index contributed by atoms with van der Waals surface area (Å²) in [6.07, 6.45) is 6.73. The second-order valence-corrected chi connectivity index (χ2v) is 3.81. The first-order valence-corrected chi connectivity index (χ1v) is 6.05. The van der Waals surface area contributed by atoms with E-state index < -0.39 is 0 Å². The van der Waals surface area contributed by atoms with E-state index in [0.717, 1.165) is 19.4 Å². The molecule has 94 valence electrons. The zero-order valence-corrected chi connectivity index (χ0v) is 10.4. The van der Waals surface area contributed by atoms with Crippen LogP contribution in [0.1, 0.15) is 37.2 Å². The fourth-order valence-corrected chi connectivity index (χ4v) is 1.54. The van der Waals surface area contributed by atoms with Crippen molar-refractivity contribution in [2.24, 2.45) is 0 Å². The highest BCUT2D eigenvalue weighted by molar-refractivity contribution is 5.91. The molecule has 0 aliphatic rings. The number of nitrogens with one attached hydrogen (secondary N) is 2. The van der Waals surface area contributed by atoms with Gasteiger partial charge in [0.15, 0.2) is 0 Å². The van der Waals surface area contributed by atoms with Crippen LogP contribution in [0.4, 0.5) is 0 Å². The second kappa shape index (κ2) is 7.73. The zero-order valence-electron chi connectivity index (χ0n) is 10.4. The molecule has 2 N–H and O–H groups in total. The minimum atomic E-state index is -0.176. The zero-order chi connectivity index (χ0) is 12.5. The average molecular weight is 236 g/mol. The third-order valence-corrected chi connectivity index (χ3v) is 2.62. The van der Waals surface area contributed by atoms with E-state index in [1.807, 2.05) is 0 Å². The molecule has 0 aliphatic carbocycles. The molecule has 1 heterocycles. The first-order chi connectivity index (χ1) is 8.27. The monoisotopic (exact) mass is 236 g/mol. The van der Waals surface area contributed by atoms with Gasteiger partial charge in [-0.1, -0.05) is 13.8 Å². The van der Waals surface area contributed by atoms with E-state index in [1.165, 1.54) is 12.4 Å². The van der Waals surface area contributed by atoms with E-state index in [9.17, 15) is 4.79 Å². The Morgan fingerprint density at radius 3 is 2.65 bits per heavy atom. The summed E-state index contributed by atoms with van der Waals surface area (Å²) in [5.41, 5.74) is 0.357. The van der Waals surface area contributed by atoms with Gasteiger partial charge in [0, 0.05) is 31.5 Å². The summed E-state index contributed by atoms with van der Waals surface area (Å²) in [6, 6.07) is 0.531. The van der Waals surface area contributed by atoms with Crippen molar-refractivity contribution in [3.8, 4) is 0 Å². The van der Waals surface area contributed by atoms with E-state index in [1.54, 1.807) is 6.20 Å². The van der Waals surface area contributed by atoms with Crippen LogP contribution in [0.2, 0.25) is 0 Å². The fourth-order valence-electron chi connectivity index (χ4n) is 1.54. The predicted octanol–water partition coefficient (Wildman–Crippen LogP) is 0.985. The normalized spacial score (nSPS) is 10.5. The van der Waals surface area contributed by atoms with Gasteiger partial charge in [0.05, 0.1) is 6.20 Å². The molecule has 5 nitrogen and oxygen atoms in total. The quantitative estimate of drug-likeness (QED) is 0.693. The molecular formula is C12H20N4O. The fraction of sp³-hybridized carbons (Fsp3) is 0.583. The number of aromatic nitrogens is 2. The van der Waals surface area contributed by atoms with Gasteiger partial charge in [0.2, 0.25) is 0 Å². The molecule has 1 aromatic heterocycles. The summed E-state index contributed by atoms with van der Waals surface area (Å²) < 4.78 is 0. The van der Waals surface area contributed by atoms with Crippen LogP contribution in [0.25, 0.3) is 0 Å². The standard InChI is InChI=1S/C12H20N4O/c1-3-10(4-2)14-7-8-16-12(17)11-9-13-5-6-15-11/h5-6,9-10,14H,3-4,7-8H2,1-2H3,(H,16,17). The van der Waals surface area contributed by atoms with Gasteiger partial charge in [-0.25, -0.2) is 4.98 Å². The van der Waals surface area contributed by atoms with E-state index in [2.05, 4.69) is 34.4 Å². The highest BCUT2D eigenvalue weighted by Crippen LogP contribution is 1.94. The van der Waals surface area contributed by atoms with Crippen molar-refractivity contribution in [3.63, 3.8) is 0 Å². The Balaban J connectivity index is 2.21. The van der Waals surface area contributed by atoms with Crippen molar-refractivity contribution < 1.29 is 4.79 Å². The Morgan fingerprint density at radius 1 is 1.29 bits per heavy atom. The molecule has 5 heteroatoms. The minimum absolute atomic E-state index is 0.176. The molecule has 0 spiro atoms. The van der Waals surface area contributed by atoms with Gasteiger partial charge < -0.3 is 10.6 Å². The minimum Gasteiger partial charge on any atom is -0.349 e. The van der Waals surface area contributed by atoms with Crippen molar-refractivity contribution in [2.75, 3.05) is 13.1 Å². The van der Waals surface area contributed by atoms with Crippen molar-refractivity contribution in [3.05, 3.63) is 24.3 Å². The molecule has 1 amide bonds. The summed E-state index contributed by atoms with van der Waals surface area (Å²) in [6.45, 7) is 5.68. The topological polar surface area (TPSA) is 66.9 Å². The van der Waals surface area contributed by atoms with Crippen LogP contribution < -0.4 is 10.6 Å². The maximum atomic E-state index is 11.6. The lowest BCUT2D eigenvalue weighted by Gasteiger charge is -2.14. The summed E-state index contributed by atoms with van der Waals surface area (Å²) in [4.78, 5) is 19.4. The summed E-state index contributed by atoms with van der Waals surface area (Å²) >= 11 is 0. The van der Waals surface area contributed by atoms with Crippen LogP contribution in [0, 0.1) is 0 Å². The van der Waals surface area contributed by atoms with Crippen LogP contribution in [0.5, 0.6) is 0 Å². The lowest BCUT2D eigenvalue weighted by molar-refractivity contribution is 0.0948. The van der Waals surface area contributed by atoms with Crippen molar-refractivity contribution in [1.82, 2.24) is 20.6 Å². The van der Waals surface area contributed by atoms with Gasteiger partial charge in [0.1, 0.15) is 5.69 Å². The maximum Gasteiger partial charge on any atom is 0.271 e. The Hall–Kier alpha value is -1.49. The third-order valence-electron chi connectivity index (χ3n) is 2.62. The van der Waals surface area contributed by atoms with Crippen LogP contribution in [-0.4, -0.2) is 35.0 Å². The lowest BCUT2D eigenvalue weighted by Crippen LogP contribution is -2.36. The van der Waals surface area contributed by atoms with Gasteiger partial charge in [-0.15, -0.1) is 0 Å². The first kappa shape index (κ1) is 13.6. The number of carbonyl (C=O) groups is 1. The van der Waals surface area contributed by atoms with Crippen molar-refractivity contribution in [1.29, 1.82) is 0 Å². The third kappa shape index (κ3) is 4.91. The number of hydrogen-bond acceptors (Lipinski definition) is 4. The highest BCUT2D eigenvalue weighted by Gasteiger charge is 2.06. The second-order valence-electron chi connectivity index (χ2n) is 3.81. The highest BCUT2D eigenvalue weighted by atomic mass is 16.1. The average Bonchev–Trinajstić information content (AvgIpc) is 2.40. The number of hydrogen-bond donors (Lipinski definition) is 2. The Bertz CT molecular complexity index is 325. The summed E-state index contributed by atoms with van der Waals surface area (Å²) in [7, 11) is 0. The van der Waals surface area contributed by atoms with Crippen molar-refractivity contribution in [2.45, 2.75) is 32.7 Å². The molecule has 0 aliphatic heterocycles. The molecule has 1 aromatic rings. The molecular weight excluding hydrogens is 216 g/mol. The van der Waals surface area contributed by atoms with E-state index >= 15 is 0 Å². The maximum absolute atomic E-state index is 11.6. The van der Waals surface area contributed by atoms with Gasteiger partial charge >= 0.3 is 0 Å². The number of nitrogens with zero attached hydrogens (tertiary/aromatic N) is 2. The van der Waals surface area contributed by atoms with Gasteiger partial charge in [-0.05, 0) is 12.8 Å². The summed E-state index contributed by atoms with van der Waals surface area (Å²) in [5, 5.41) is 6.17. The van der Waals surface area contributed by atoms with Crippen LogP contribution in [0.15, 0.2) is 18.6 Å². The number of carbonyl (C=O) groups excluding carboxylic acids is 1. The lowest BCUT2D eigenvalue weighted by atomic mass is 10.2. The molecule has 0 aromatic carbocycles. The molecule has 0 unspecified atom stereocenters. The number of rotatable bonds is 7. The van der Waals surface area contributed by atoms with Gasteiger partial charge in [-0.3, -0.25) is 9.78 Å². The molecule has 0 radical (unpaired) electrons. The van der Waals surface area contributed by atoms with Crippen LogP contribution >= 0.6 is 0 Å². The van der Waals surface area contributed by atoms with E-state index in [0.29, 0.717) is 18.3 Å². The predicted molar refractivity (Wildman–Crippen MR) is 66.7 cm³/mol. The van der Waals surface area contributed by atoms with Gasteiger partial charge in [0.25, 0.3) is 5.91 Å². The summed E-state index contributed by atoms with van der Waals surface area (Å²) in [5.74, 6) is -0.176. The molecule has 17 heavy (non-hydrogen) atoms. The Labute approximate surface area is 102 Å². The van der Waals surface area contributed by atoms with Crippen LogP contribution in [-0.2, 0) is 0 Å². The molecule has 1 rings (SSSR count). The SMILES string of the molecule is CCC(CC)NCCNC(=O)c1cnccn1. The first-order valence-electron chi connectivity index (χ1n) is 6.05. The molecule has 0 saturated heterocycles. The molecule has 0 fully saturated rings. The smallest absolute Gasteiger partial charge is 0.271 e. The molecule has 0 saturated carbocycles. The van der Waals surface area contributed by atoms with E-state index in [-0.39, 0.29) is 5.91 Å². The molecule has 0 bridgehead atoms. The van der Waals surface area contributed by atoms with Gasteiger partial charge in [-0.2, -0.15) is 0 Å². The van der Waals surface area contributed by atoms with E-state index in [4.69, 9.17) is 0 Å². The largest absolute Gasteiger partial charge is 0.349 e. The number of amides is 1. The Kier molecular flexibility index (Phi) is 6.17. The Morgan fingerprint density at radius 2 is 2.06 bits per heavy atom.